The largest absolute Gasteiger partial charge is 0.378 e. The number of para-hydroxylation sites is 1. The van der Waals surface area contributed by atoms with Crippen LogP contribution < -0.4 is 10.2 Å². The van der Waals surface area contributed by atoms with E-state index in [1.54, 1.807) is 0 Å². The molecule has 0 atom stereocenters. The van der Waals surface area contributed by atoms with Gasteiger partial charge in [0.1, 0.15) is 0 Å². The Morgan fingerprint density at radius 1 is 1.05 bits per heavy atom. The van der Waals surface area contributed by atoms with Crippen LogP contribution in [0.1, 0.15) is 11.1 Å². The summed E-state index contributed by atoms with van der Waals surface area (Å²) in [5.74, 6) is -0.0403. The Bertz CT molecular complexity index is 702. The van der Waals surface area contributed by atoms with Gasteiger partial charge >= 0.3 is 0 Å². The minimum Gasteiger partial charge on any atom is -0.378 e. The lowest BCUT2D eigenvalue weighted by atomic mass is 10.0. The second kappa shape index (κ2) is 4.85. The summed E-state index contributed by atoms with van der Waals surface area (Å²) >= 11 is 0. The molecule has 0 spiro atoms. The maximum atomic E-state index is 12.1. The van der Waals surface area contributed by atoms with Gasteiger partial charge < -0.3 is 10.2 Å². The Morgan fingerprint density at radius 3 is 2.65 bits per heavy atom. The van der Waals surface area contributed by atoms with E-state index < -0.39 is 0 Å². The van der Waals surface area contributed by atoms with Crippen LogP contribution in [-0.2, 0) is 4.79 Å². The summed E-state index contributed by atoms with van der Waals surface area (Å²) in [6.07, 6.45) is 1.94. The minimum absolute atomic E-state index is 0.0403. The van der Waals surface area contributed by atoms with E-state index >= 15 is 0 Å². The third-order valence-electron chi connectivity index (χ3n) is 3.41. The lowest BCUT2D eigenvalue weighted by Gasteiger charge is -2.12. The molecule has 0 fully saturated rings. The smallest absolute Gasteiger partial charge is 0.256 e. The maximum Gasteiger partial charge on any atom is 0.256 e. The normalized spacial score (nSPS) is 15.1. The van der Waals surface area contributed by atoms with Gasteiger partial charge in [-0.05, 0) is 29.8 Å². The molecule has 100 valence electrons. The van der Waals surface area contributed by atoms with Gasteiger partial charge in [-0.3, -0.25) is 4.79 Å². The first-order valence-corrected chi connectivity index (χ1v) is 6.55. The van der Waals surface area contributed by atoms with Gasteiger partial charge in [-0.2, -0.15) is 0 Å². The molecule has 2 aromatic rings. The second-order valence-electron chi connectivity index (χ2n) is 5.05. The molecule has 0 unspecified atom stereocenters. The molecule has 1 aliphatic heterocycles. The molecule has 0 saturated heterocycles. The Labute approximate surface area is 118 Å². The molecular weight excluding hydrogens is 248 g/mol. The third-order valence-corrected chi connectivity index (χ3v) is 3.41. The topological polar surface area (TPSA) is 32.3 Å². The predicted molar refractivity (Wildman–Crippen MR) is 83.7 cm³/mol. The summed E-state index contributed by atoms with van der Waals surface area (Å²) in [4.78, 5) is 14.1. The summed E-state index contributed by atoms with van der Waals surface area (Å²) in [6, 6.07) is 15.9. The summed E-state index contributed by atoms with van der Waals surface area (Å²) in [5.41, 5.74) is 4.71. The molecule has 0 saturated carbocycles. The van der Waals surface area contributed by atoms with Crippen LogP contribution in [0.4, 0.5) is 11.4 Å². The molecule has 0 aliphatic carbocycles. The molecule has 1 aliphatic rings. The third kappa shape index (κ3) is 2.18. The van der Waals surface area contributed by atoms with Gasteiger partial charge in [-0.15, -0.1) is 0 Å². The molecule has 0 aromatic heterocycles. The number of amides is 1. The van der Waals surface area contributed by atoms with E-state index in [0.717, 1.165) is 28.1 Å². The zero-order chi connectivity index (χ0) is 14.1. The molecule has 3 nitrogen and oxygen atoms in total. The number of benzene rings is 2. The van der Waals surface area contributed by atoms with Crippen molar-refractivity contribution in [2.45, 2.75) is 0 Å². The van der Waals surface area contributed by atoms with Crippen molar-refractivity contribution in [3.63, 3.8) is 0 Å². The lowest BCUT2D eigenvalue weighted by Crippen LogP contribution is -2.08. The lowest BCUT2D eigenvalue weighted by molar-refractivity contribution is -0.110. The molecule has 0 radical (unpaired) electrons. The summed E-state index contributed by atoms with van der Waals surface area (Å²) < 4.78 is 0. The van der Waals surface area contributed by atoms with E-state index in [-0.39, 0.29) is 5.91 Å². The second-order valence-corrected chi connectivity index (χ2v) is 5.05. The number of fused-ring (bicyclic) bond motifs is 1. The van der Waals surface area contributed by atoms with Crippen molar-refractivity contribution < 1.29 is 4.79 Å². The van der Waals surface area contributed by atoms with Crippen molar-refractivity contribution in [3.8, 4) is 0 Å². The Morgan fingerprint density at radius 2 is 1.85 bits per heavy atom. The minimum atomic E-state index is -0.0403. The highest BCUT2D eigenvalue weighted by Gasteiger charge is 2.23. The fourth-order valence-corrected chi connectivity index (χ4v) is 2.34. The fourth-order valence-electron chi connectivity index (χ4n) is 2.34. The monoisotopic (exact) mass is 264 g/mol. The van der Waals surface area contributed by atoms with Crippen LogP contribution in [0.15, 0.2) is 48.5 Å². The van der Waals surface area contributed by atoms with Crippen molar-refractivity contribution in [2.75, 3.05) is 24.3 Å². The van der Waals surface area contributed by atoms with Crippen molar-refractivity contribution >= 4 is 28.9 Å². The number of anilines is 2. The van der Waals surface area contributed by atoms with E-state index in [9.17, 15) is 4.79 Å². The predicted octanol–water partition coefficient (Wildman–Crippen LogP) is 3.25. The number of nitrogens with one attached hydrogen (secondary N) is 1. The zero-order valence-corrected chi connectivity index (χ0v) is 11.6. The molecular formula is C17H16N2O. The van der Waals surface area contributed by atoms with Crippen LogP contribution in [0.25, 0.3) is 11.6 Å². The van der Waals surface area contributed by atoms with Gasteiger partial charge in [-0.25, -0.2) is 0 Å². The van der Waals surface area contributed by atoms with E-state index in [2.05, 4.69) is 11.4 Å². The molecule has 20 heavy (non-hydrogen) atoms. The summed E-state index contributed by atoms with van der Waals surface area (Å²) in [5, 5.41) is 2.89. The van der Waals surface area contributed by atoms with E-state index in [0.29, 0.717) is 0 Å². The molecule has 1 heterocycles. The molecule has 1 amide bonds. The van der Waals surface area contributed by atoms with Gasteiger partial charge in [0.15, 0.2) is 0 Å². The van der Waals surface area contributed by atoms with Crippen molar-refractivity contribution in [3.05, 3.63) is 59.7 Å². The number of nitrogens with zero attached hydrogens (tertiary/aromatic N) is 1. The first kappa shape index (κ1) is 12.5. The summed E-state index contributed by atoms with van der Waals surface area (Å²) in [7, 11) is 4.01. The van der Waals surface area contributed by atoms with Crippen molar-refractivity contribution in [2.24, 2.45) is 0 Å². The number of rotatable bonds is 2. The highest BCUT2D eigenvalue weighted by molar-refractivity contribution is 6.34. The molecule has 3 heteroatoms. The van der Waals surface area contributed by atoms with Gasteiger partial charge in [-0.1, -0.05) is 30.3 Å². The van der Waals surface area contributed by atoms with E-state index in [1.807, 2.05) is 67.5 Å². The number of hydrogen-bond donors (Lipinski definition) is 1. The number of carbonyl (C=O) groups excluding carboxylic acids is 1. The van der Waals surface area contributed by atoms with Crippen LogP contribution in [-0.4, -0.2) is 20.0 Å². The van der Waals surface area contributed by atoms with Gasteiger partial charge in [0.2, 0.25) is 0 Å². The van der Waals surface area contributed by atoms with Crippen LogP contribution in [0.5, 0.6) is 0 Å². The fraction of sp³-hybridized carbons (Fsp3) is 0.118. The molecule has 2 aromatic carbocycles. The average molecular weight is 264 g/mol. The standard InChI is InChI=1S/C17H16N2O/c1-19(2)13-7-5-6-12(10-13)11-15-14-8-3-4-9-16(14)18-17(15)20/h3-11H,1-2H3,(H,18,20)/b15-11-. The number of hydrogen-bond acceptors (Lipinski definition) is 2. The Kier molecular flexibility index (Phi) is 3.03. The first-order valence-electron chi connectivity index (χ1n) is 6.55. The maximum absolute atomic E-state index is 12.1. The first-order chi connectivity index (χ1) is 9.65. The van der Waals surface area contributed by atoms with Gasteiger partial charge in [0.05, 0.1) is 0 Å². The highest BCUT2D eigenvalue weighted by atomic mass is 16.2. The van der Waals surface area contributed by atoms with Crippen LogP contribution >= 0.6 is 0 Å². The van der Waals surface area contributed by atoms with Crippen molar-refractivity contribution in [1.29, 1.82) is 0 Å². The van der Waals surface area contributed by atoms with Crippen LogP contribution in [0.2, 0.25) is 0 Å². The van der Waals surface area contributed by atoms with Gasteiger partial charge in [0.25, 0.3) is 5.91 Å². The summed E-state index contributed by atoms with van der Waals surface area (Å²) in [6.45, 7) is 0. The molecule has 3 rings (SSSR count). The SMILES string of the molecule is CN(C)c1cccc(/C=C2\C(=O)Nc3ccccc32)c1. The van der Waals surface area contributed by atoms with E-state index in [4.69, 9.17) is 0 Å². The Balaban J connectivity index is 2.04. The quantitative estimate of drug-likeness (QED) is 0.844. The zero-order valence-electron chi connectivity index (χ0n) is 11.6. The van der Waals surface area contributed by atoms with E-state index in [1.165, 1.54) is 0 Å². The Hall–Kier alpha value is -2.55. The molecule has 0 bridgehead atoms. The van der Waals surface area contributed by atoms with Crippen LogP contribution in [0.3, 0.4) is 0 Å². The van der Waals surface area contributed by atoms with Crippen molar-refractivity contribution in [1.82, 2.24) is 0 Å². The highest BCUT2D eigenvalue weighted by Crippen LogP contribution is 2.32. The molecule has 1 N–H and O–H groups in total. The average Bonchev–Trinajstić information content (AvgIpc) is 2.76. The van der Waals surface area contributed by atoms with Crippen LogP contribution in [0, 0.1) is 0 Å². The number of carbonyl (C=O) groups is 1. The van der Waals surface area contributed by atoms with Gasteiger partial charge in [0, 0.05) is 36.6 Å².